The molecule has 13 heavy (non-hydrogen) atoms. The number of halogens is 2. The molecule has 2 aromatic rings. The number of nitrogens with zero attached hydrogens (tertiary/aromatic N) is 2. The van der Waals surface area contributed by atoms with Gasteiger partial charge in [0.2, 0.25) is 0 Å². The normalized spacial score (nSPS) is 10.2. The summed E-state index contributed by atoms with van der Waals surface area (Å²) in [6.07, 6.45) is 1.39. The van der Waals surface area contributed by atoms with Crippen molar-refractivity contribution in [2.45, 2.75) is 0 Å². The van der Waals surface area contributed by atoms with Crippen molar-refractivity contribution in [3.8, 4) is 6.07 Å². The van der Waals surface area contributed by atoms with Crippen LogP contribution in [-0.4, -0.2) is 10.2 Å². The van der Waals surface area contributed by atoms with Crippen molar-refractivity contribution in [1.29, 1.82) is 5.26 Å². The fourth-order valence-electron chi connectivity index (χ4n) is 1.11. The van der Waals surface area contributed by atoms with E-state index >= 15 is 0 Å². The van der Waals surface area contributed by atoms with Crippen molar-refractivity contribution in [2.75, 3.05) is 0 Å². The van der Waals surface area contributed by atoms with Gasteiger partial charge in [-0.25, -0.2) is 4.39 Å². The van der Waals surface area contributed by atoms with Crippen LogP contribution in [0.2, 0.25) is 0 Å². The van der Waals surface area contributed by atoms with Gasteiger partial charge in [0, 0.05) is 0 Å². The zero-order chi connectivity index (χ0) is 9.42. The summed E-state index contributed by atoms with van der Waals surface area (Å²) in [5, 5.41) is 15.3. The Bertz CT molecular complexity index is 512. The molecule has 0 spiro atoms. The molecule has 1 heterocycles. The van der Waals surface area contributed by atoms with E-state index in [9.17, 15) is 4.39 Å². The maximum absolute atomic E-state index is 13.4. The van der Waals surface area contributed by atoms with E-state index in [4.69, 9.17) is 5.26 Å². The Hall–Kier alpha value is -1.41. The molecule has 0 radical (unpaired) electrons. The highest BCUT2D eigenvalue weighted by Gasteiger charge is 2.11. The molecule has 0 unspecified atom stereocenters. The predicted molar refractivity (Wildman–Crippen MR) is 48.5 cm³/mol. The van der Waals surface area contributed by atoms with Gasteiger partial charge >= 0.3 is 0 Å². The molecule has 0 saturated heterocycles. The number of hydrogen-bond acceptors (Lipinski definition) is 2. The van der Waals surface area contributed by atoms with Crippen LogP contribution in [0, 0.1) is 17.1 Å². The Kier molecular flexibility index (Phi) is 1.78. The lowest BCUT2D eigenvalue weighted by Crippen LogP contribution is -1.85. The number of nitriles is 1. The summed E-state index contributed by atoms with van der Waals surface area (Å²) in [4.78, 5) is 0. The van der Waals surface area contributed by atoms with Crippen LogP contribution in [0.3, 0.4) is 0 Å². The highest BCUT2D eigenvalue weighted by Crippen LogP contribution is 2.26. The van der Waals surface area contributed by atoms with Crippen molar-refractivity contribution in [1.82, 2.24) is 10.2 Å². The Morgan fingerprint density at radius 1 is 1.62 bits per heavy atom. The van der Waals surface area contributed by atoms with Crippen LogP contribution >= 0.6 is 15.9 Å². The van der Waals surface area contributed by atoms with Gasteiger partial charge in [0.05, 0.1) is 27.1 Å². The van der Waals surface area contributed by atoms with Gasteiger partial charge < -0.3 is 0 Å². The number of aromatic nitrogens is 2. The van der Waals surface area contributed by atoms with E-state index in [1.54, 1.807) is 6.07 Å². The molecule has 0 aliphatic rings. The minimum Gasteiger partial charge on any atom is -0.278 e. The van der Waals surface area contributed by atoms with Gasteiger partial charge in [-0.2, -0.15) is 10.4 Å². The first-order valence-corrected chi connectivity index (χ1v) is 4.24. The lowest BCUT2D eigenvalue weighted by molar-refractivity contribution is 0.633. The molecule has 1 aromatic carbocycles. The third kappa shape index (κ3) is 1.11. The predicted octanol–water partition coefficient (Wildman–Crippen LogP) is 2.34. The second-order valence-corrected chi connectivity index (χ2v) is 3.29. The molecule has 0 aliphatic carbocycles. The summed E-state index contributed by atoms with van der Waals surface area (Å²) >= 11 is 3.01. The van der Waals surface area contributed by atoms with E-state index in [-0.39, 0.29) is 10.0 Å². The van der Waals surface area contributed by atoms with Crippen LogP contribution < -0.4 is 0 Å². The van der Waals surface area contributed by atoms with Crippen molar-refractivity contribution < 1.29 is 4.39 Å². The van der Waals surface area contributed by atoms with E-state index in [0.29, 0.717) is 10.9 Å². The van der Waals surface area contributed by atoms with E-state index in [0.717, 1.165) is 0 Å². The summed E-state index contributed by atoms with van der Waals surface area (Å²) in [5.41, 5.74) is 0.784. The van der Waals surface area contributed by atoms with Gasteiger partial charge in [0.1, 0.15) is 11.9 Å². The summed E-state index contributed by atoms with van der Waals surface area (Å²) in [5.74, 6) is -0.456. The smallest absolute Gasteiger partial charge is 0.149 e. The van der Waals surface area contributed by atoms with Gasteiger partial charge in [0.25, 0.3) is 0 Å². The molecule has 0 aliphatic heterocycles. The average molecular weight is 240 g/mol. The van der Waals surface area contributed by atoms with E-state index in [1.807, 2.05) is 6.07 Å². The van der Waals surface area contributed by atoms with E-state index in [2.05, 4.69) is 26.1 Å². The zero-order valence-electron chi connectivity index (χ0n) is 6.31. The first-order chi connectivity index (χ1) is 6.24. The van der Waals surface area contributed by atoms with Crippen molar-refractivity contribution in [3.63, 3.8) is 0 Å². The fraction of sp³-hybridized carbons (Fsp3) is 0. The van der Waals surface area contributed by atoms with E-state index in [1.165, 1.54) is 6.20 Å². The summed E-state index contributed by atoms with van der Waals surface area (Å²) < 4.78 is 13.6. The Labute approximate surface area is 81.3 Å². The lowest BCUT2D eigenvalue weighted by Gasteiger charge is -1.97. The molecule has 2 rings (SSSR count). The SMILES string of the molecule is N#Cc1cc2[nH]ncc2c(F)c1Br. The molecule has 0 atom stereocenters. The average Bonchev–Trinajstić information content (AvgIpc) is 2.59. The minimum atomic E-state index is -0.456. The minimum absolute atomic E-state index is 0.184. The molecule has 0 saturated carbocycles. The van der Waals surface area contributed by atoms with Gasteiger partial charge in [-0.3, -0.25) is 5.10 Å². The van der Waals surface area contributed by atoms with Crippen LogP contribution in [0.1, 0.15) is 5.56 Å². The van der Waals surface area contributed by atoms with Gasteiger partial charge in [0.15, 0.2) is 0 Å². The number of nitrogens with one attached hydrogen (secondary N) is 1. The number of hydrogen-bond donors (Lipinski definition) is 1. The lowest BCUT2D eigenvalue weighted by atomic mass is 10.2. The second-order valence-electron chi connectivity index (χ2n) is 2.50. The molecule has 1 aromatic heterocycles. The maximum Gasteiger partial charge on any atom is 0.149 e. The number of rotatable bonds is 0. The van der Waals surface area contributed by atoms with Crippen LogP contribution in [0.25, 0.3) is 10.9 Å². The standard InChI is InChI=1S/C8H3BrFN3/c9-7-4(2-11)1-6-5(8(7)10)3-12-13-6/h1,3H,(H,12,13). The van der Waals surface area contributed by atoms with Crippen molar-refractivity contribution in [3.05, 3.63) is 28.1 Å². The van der Waals surface area contributed by atoms with Crippen molar-refractivity contribution >= 4 is 26.8 Å². The molecule has 5 heteroatoms. The fourth-order valence-corrected chi connectivity index (χ4v) is 1.52. The van der Waals surface area contributed by atoms with E-state index < -0.39 is 5.82 Å². The molecular formula is C8H3BrFN3. The largest absolute Gasteiger partial charge is 0.278 e. The quantitative estimate of drug-likeness (QED) is 0.768. The molecule has 1 N–H and O–H groups in total. The Balaban J connectivity index is 2.94. The summed E-state index contributed by atoms with van der Waals surface area (Å²) in [6, 6.07) is 3.43. The first-order valence-electron chi connectivity index (χ1n) is 3.45. The molecule has 0 amide bonds. The topological polar surface area (TPSA) is 52.5 Å². The highest BCUT2D eigenvalue weighted by atomic mass is 79.9. The Morgan fingerprint density at radius 2 is 2.38 bits per heavy atom. The molecule has 0 bridgehead atoms. The summed E-state index contributed by atoms with van der Waals surface area (Å²) in [7, 11) is 0. The number of H-pyrrole nitrogens is 1. The van der Waals surface area contributed by atoms with Crippen LogP contribution in [0.5, 0.6) is 0 Å². The highest BCUT2D eigenvalue weighted by molar-refractivity contribution is 9.10. The third-order valence-electron chi connectivity index (χ3n) is 1.74. The summed E-state index contributed by atoms with van der Waals surface area (Å²) in [6.45, 7) is 0. The molecule has 0 fully saturated rings. The van der Waals surface area contributed by atoms with Gasteiger partial charge in [-0.15, -0.1) is 0 Å². The zero-order valence-corrected chi connectivity index (χ0v) is 7.89. The monoisotopic (exact) mass is 239 g/mol. The molecule has 64 valence electrons. The van der Waals surface area contributed by atoms with Crippen molar-refractivity contribution in [2.24, 2.45) is 0 Å². The van der Waals surface area contributed by atoms with Crippen LogP contribution in [0.4, 0.5) is 4.39 Å². The first kappa shape index (κ1) is 8.20. The van der Waals surface area contributed by atoms with Gasteiger partial charge in [-0.1, -0.05) is 0 Å². The number of benzene rings is 1. The van der Waals surface area contributed by atoms with Gasteiger partial charge in [-0.05, 0) is 22.0 Å². The molecular weight excluding hydrogens is 237 g/mol. The number of fused-ring (bicyclic) bond motifs is 1. The maximum atomic E-state index is 13.4. The van der Waals surface area contributed by atoms with Crippen LogP contribution in [-0.2, 0) is 0 Å². The number of aromatic amines is 1. The van der Waals surface area contributed by atoms with Crippen LogP contribution in [0.15, 0.2) is 16.7 Å². The molecule has 3 nitrogen and oxygen atoms in total. The second kappa shape index (κ2) is 2.82. The Morgan fingerprint density at radius 3 is 3.08 bits per heavy atom. The third-order valence-corrected chi connectivity index (χ3v) is 2.52.